The molecule has 1 heterocycles. The average Bonchev–Trinajstić information content (AvgIpc) is 2.77. The Balaban J connectivity index is 2.11. The number of carboxylic acids is 1. The van der Waals surface area contributed by atoms with Gasteiger partial charge in [0.1, 0.15) is 5.82 Å². The fraction of sp³-hybridized carbons (Fsp3) is 0.500. The highest BCUT2D eigenvalue weighted by molar-refractivity contribution is 5.80. The van der Waals surface area contributed by atoms with Gasteiger partial charge in [0, 0.05) is 13.0 Å². The van der Waals surface area contributed by atoms with Crippen LogP contribution in [0, 0.1) is 12.8 Å². The normalized spacial score (nSPS) is 23.1. The van der Waals surface area contributed by atoms with Crippen molar-refractivity contribution in [2.45, 2.75) is 38.5 Å². The fourth-order valence-electron chi connectivity index (χ4n) is 3.55. The van der Waals surface area contributed by atoms with Gasteiger partial charge in [-0.05, 0) is 31.4 Å². The number of para-hydroxylation sites is 1. The van der Waals surface area contributed by atoms with E-state index in [-0.39, 0.29) is 11.8 Å². The molecule has 1 saturated carbocycles. The number of fused-ring (bicyclic) bond motifs is 1. The van der Waals surface area contributed by atoms with E-state index in [0.717, 1.165) is 42.5 Å². The maximum absolute atomic E-state index is 11.5. The van der Waals surface area contributed by atoms with E-state index in [1.54, 1.807) is 0 Å². The molecule has 1 aliphatic carbocycles. The van der Waals surface area contributed by atoms with Gasteiger partial charge in [0.15, 0.2) is 0 Å². The van der Waals surface area contributed by atoms with E-state index in [1.807, 2.05) is 19.2 Å². The summed E-state index contributed by atoms with van der Waals surface area (Å²) >= 11 is 0. The Morgan fingerprint density at radius 2 is 2.10 bits per heavy atom. The first-order chi connectivity index (χ1) is 9.59. The van der Waals surface area contributed by atoms with Crippen molar-refractivity contribution in [3.8, 4) is 0 Å². The lowest BCUT2D eigenvalue weighted by atomic mass is 9.78. The molecule has 2 unspecified atom stereocenters. The van der Waals surface area contributed by atoms with Crippen molar-refractivity contribution < 1.29 is 9.90 Å². The molecule has 2 atom stereocenters. The van der Waals surface area contributed by atoms with Crippen LogP contribution < -0.4 is 0 Å². The molecule has 1 fully saturated rings. The molecule has 106 valence electrons. The minimum Gasteiger partial charge on any atom is -0.481 e. The second-order valence-electron chi connectivity index (χ2n) is 5.81. The van der Waals surface area contributed by atoms with Crippen molar-refractivity contribution in [1.29, 1.82) is 0 Å². The van der Waals surface area contributed by atoms with Crippen LogP contribution in [0.25, 0.3) is 11.0 Å². The molecule has 3 rings (SSSR count). The summed E-state index contributed by atoms with van der Waals surface area (Å²) in [6, 6.07) is 6.08. The lowest BCUT2D eigenvalue weighted by Crippen LogP contribution is -2.27. The maximum Gasteiger partial charge on any atom is 0.307 e. The zero-order valence-corrected chi connectivity index (χ0v) is 12.0. The minimum absolute atomic E-state index is 0.0399. The molecule has 1 N–H and O–H groups in total. The van der Waals surface area contributed by atoms with E-state index in [2.05, 4.69) is 17.6 Å². The van der Waals surface area contributed by atoms with Crippen molar-refractivity contribution in [1.82, 2.24) is 9.55 Å². The minimum atomic E-state index is -0.682. The number of aryl methyl sites for hydroxylation is 2. The van der Waals surface area contributed by atoms with Gasteiger partial charge in [-0.15, -0.1) is 0 Å². The van der Waals surface area contributed by atoms with Crippen molar-refractivity contribution in [2.24, 2.45) is 13.0 Å². The molecule has 2 aromatic rings. The third-order valence-corrected chi connectivity index (χ3v) is 4.55. The van der Waals surface area contributed by atoms with E-state index in [4.69, 9.17) is 4.98 Å². The molecular formula is C16H20N2O2. The van der Waals surface area contributed by atoms with Crippen molar-refractivity contribution in [3.63, 3.8) is 0 Å². The van der Waals surface area contributed by atoms with E-state index in [0.29, 0.717) is 0 Å². The molecule has 0 spiro atoms. The van der Waals surface area contributed by atoms with Crippen LogP contribution in [-0.2, 0) is 11.8 Å². The summed E-state index contributed by atoms with van der Waals surface area (Å²) in [7, 11) is 2.01. The summed E-state index contributed by atoms with van der Waals surface area (Å²) < 4.78 is 2.09. The fourth-order valence-corrected chi connectivity index (χ4v) is 3.55. The zero-order chi connectivity index (χ0) is 14.3. The first-order valence-corrected chi connectivity index (χ1v) is 7.24. The second kappa shape index (κ2) is 4.93. The molecule has 0 aliphatic heterocycles. The first kappa shape index (κ1) is 13.2. The molecule has 4 heteroatoms. The summed E-state index contributed by atoms with van der Waals surface area (Å²) in [5, 5.41) is 9.45. The average molecular weight is 272 g/mol. The number of carbonyl (C=O) groups is 1. The summed E-state index contributed by atoms with van der Waals surface area (Å²) in [4.78, 5) is 16.2. The number of aromatic nitrogens is 2. The molecule has 0 amide bonds. The number of rotatable bonds is 2. The van der Waals surface area contributed by atoms with Gasteiger partial charge in [-0.3, -0.25) is 4.79 Å². The Morgan fingerprint density at radius 1 is 1.35 bits per heavy atom. The van der Waals surface area contributed by atoms with E-state index in [1.165, 1.54) is 5.56 Å². The molecule has 20 heavy (non-hydrogen) atoms. The smallest absolute Gasteiger partial charge is 0.307 e. The van der Waals surface area contributed by atoms with Gasteiger partial charge in [0.05, 0.1) is 17.0 Å². The quantitative estimate of drug-likeness (QED) is 0.913. The standard InChI is InChI=1S/C16H20N2O2/c1-10-6-5-9-13-14(10)18(2)15(17-13)11-7-3-4-8-12(11)16(19)20/h5-6,9,11-12H,3-4,7-8H2,1-2H3,(H,19,20). The van der Waals surface area contributed by atoms with Crippen LogP contribution in [0.2, 0.25) is 0 Å². The lowest BCUT2D eigenvalue weighted by molar-refractivity contribution is -0.143. The molecule has 1 aromatic heterocycles. The van der Waals surface area contributed by atoms with E-state index < -0.39 is 5.97 Å². The van der Waals surface area contributed by atoms with Crippen molar-refractivity contribution >= 4 is 17.0 Å². The highest BCUT2D eigenvalue weighted by Gasteiger charge is 2.34. The molecule has 0 saturated heterocycles. The van der Waals surface area contributed by atoms with Crippen LogP contribution in [0.4, 0.5) is 0 Å². The Bertz CT molecular complexity index is 660. The Hall–Kier alpha value is -1.84. The number of nitrogens with zero attached hydrogens (tertiary/aromatic N) is 2. The van der Waals surface area contributed by atoms with Crippen molar-refractivity contribution in [2.75, 3.05) is 0 Å². The lowest BCUT2D eigenvalue weighted by Gasteiger charge is -2.28. The topological polar surface area (TPSA) is 55.1 Å². The monoisotopic (exact) mass is 272 g/mol. The molecule has 1 aliphatic rings. The molecule has 1 aromatic carbocycles. The predicted molar refractivity (Wildman–Crippen MR) is 77.8 cm³/mol. The van der Waals surface area contributed by atoms with Gasteiger partial charge >= 0.3 is 5.97 Å². The highest BCUT2D eigenvalue weighted by atomic mass is 16.4. The Morgan fingerprint density at radius 3 is 2.80 bits per heavy atom. The number of imidazole rings is 1. The van der Waals surface area contributed by atoms with Crippen LogP contribution in [-0.4, -0.2) is 20.6 Å². The van der Waals surface area contributed by atoms with E-state index in [9.17, 15) is 9.90 Å². The van der Waals surface area contributed by atoms with Gasteiger partial charge in [-0.1, -0.05) is 25.0 Å². The van der Waals surface area contributed by atoms with Crippen LogP contribution >= 0.6 is 0 Å². The number of carboxylic acid groups (broad SMARTS) is 1. The Kier molecular flexibility index (Phi) is 3.24. The third kappa shape index (κ3) is 1.99. The second-order valence-corrected chi connectivity index (χ2v) is 5.81. The predicted octanol–water partition coefficient (Wildman–Crippen LogP) is 3.24. The Labute approximate surface area is 118 Å². The number of benzene rings is 1. The SMILES string of the molecule is Cc1cccc2nc(C3CCCCC3C(=O)O)n(C)c12. The van der Waals surface area contributed by atoms with Crippen LogP contribution in [0.3, 0.4) is 0 Å². The van der Waals surface area contributed by atoms with Crippen molar-refractivity contribution in [3.05, 3.63) is 29.6 Å². The van der Waals surface area contributed by atoms with Gasteiger partial charge in [0.2, 0.25) is 0 Å². The maximum atomic E-state index is 11.5. The number of hydrogen-bond acceptors (Lipinski definition) is 2. The summed E-state index contributed by atoms with van der Waals surface area (Å²) in [5.74, 6) is -0.00232. The number of hydrogen-bond donors (Lipinski definition) is 1. The van der Waals surface area contributed by atoms with Gasteiger partial charge in [0.25, 0.3) is 0 Å². The molecular weight excluding hydrogens is 252 g/mol. The third-order valence-electron chi connectivity index (χ3n) is 4.55. The summed E-state index contributed by atoms with van der Waals surface area (Å²) in [5.41, 5.74) is 3.28. The summed E-state index contributed by atoms with van der Waals surface area (Å²) in [6.45, 7) is 2.07. The summed E-state index contributed by atoms with van der Waals surface area (Å²) in [6.07, 6.45) is 3.79. The largest absolute Gasteiger partial charge is 0.481 e. The number of aliphatic carboxylic acids is 1. The zero-order valence-electron chi connectivity index (χ0n) is 12.0. The van der Waals surface area contributed by atoms with Gasteiger partial charge < -0.3 is 9.67 Å². The van der Waals surface area contributed by atoms with Crippen LogP contribution in [0.15, 0.2) is 18.2 Å². The molecule has 4 nitrogen and oxygen atoms in total. The molecule has 0 radical (unpaired) electrons. The van der Waals surface area contributed by atoms with Gasteiger partial charge in [-0.2, -0.15) is 0 Å². The highest BCUT2D eigenvalue weighted by Crippen LogP contribution is 2.38. The first-order valence-electron chi connectivity index (χ1n) is 7.24. The molecule has 0 bridgehead atoms. The van der Waals surface area contributed by atoms with Gasteiger partial charge in [-0.25, -0.2) is 4.98 Å². The van der Waals surface area contributed by atoms with E-state index >= 15 is 0 Å². The van der Waals surface area contributed by atoms with Crippen LogP contribution in [0.1, 0.15) is 43.0 Å². The van der Waals surface area contributed by atoms with Crippen LogP contribution in [0.5, 0.6) is 0 Å².